The van der Waals surface area contributed by atoms with Crippen LogP contribution in [0.2, 0.25) is 0 Å². The molecule has 110 valence electrons. The quantitative estimate of drug-likeness (QED) is 0.884. The third-order valence-electron chi connectivity index (χ3n) is 4.69. The highest BCUT2D eigenvalue weighted by molar-refractivity contribution is 5.95. The molecule has 1 aliphatic carbocycles. The van der Waals surface area contributed by atoms with Gasteiger partial charge in [0.2, 0.25) is 0 Å². The smallest absolute Gasteiger partial charge is 0.251 e. The zero-order chi connectivity index (χ0) is 14.7. The Morgan fingerprint density at radius 2 is 1.95 bits per heavy atom. The van der Waals surface area contributed by atoms with Crippen LogP contribution >= 0.6 is 0 Å². The average molecular weight is 274 g/mol. The Morgan fingerprint density at radius 1 is 1.20 bits per heavy atom. The van der Waals surface area contributed by atoms with E-state index in [2.05, 4.69) is 24.5 Å². The SMILES string of the molecule is CNc1ccc(C(=O)NC2CCC(C)C(C)C2)cc1C. The van der Waals surface area contributed by atoms with Crippen molar-refractivity contribution >= 4 is 11.6 Å². The minimum Gasteiger partial charge on any atom is -0.388 e. The standard InChI is InChI=1S/C17H26N2O/c1-11-5-7-15(10-12(11)2)19-17(20)14-6-8-16(18-4)13(3)9-14/h6,8-9,11-12,15,18H,5,7,10H2,1-4H3,(H,19,20). The van der Waals surface area contributed by atoms with Crippen molar-refractivity contribution in [1.29, 1.82) is 0 Å². The molecule has 0 spiro atoms. The van der Waals surface area contributed by atoms with Crippen LogP contribution in [0.25, 0.3) is 0 Å². The van der Waals surface area contributed by atoms with Crippen molar-refractivity contribution in [3.63, 3.8) is 0 Å². The van der Waals surface area contributed by atoms with Crippen LogP contribution in [0.5, 0.6) is 0 Å². The number of amides is 1. The summed E-state index contributed by atoms with van der Waals surface area (Å²) in [6.45, 7) is 6.62. The summed E-state index contributed by atoms with van der Waals surface area (Å²) >= 11 is 0. The van der Waals surface area contributed by atoms with Gasteiger partial charge in [-0.05, 0) is 61.8 Å². The summed E-state index contributed by atoms with van der Waals surface area (Å²) < 4.78 is 0. The molecule has 3 heteroatoms. The molecule has 2 N–H and O–H groups in total. The number of aryl methyl sites for hydroxylation is 1. The van der Waals surface area contributed by atoms with Gasteiger partial charge in [-0.2, -0.15) is 0 Å². The van der Waals surface area contributed by atoms with Crippen molar-refractivity contribution in [2.75, 3.05) is 12.4 Å². The first-order valence-corrected chi connectivity index (χ1v) is 7.60. The van der Waals surface area contributed by atoms with Crippen LogP contribution in [0.4, 0.5) is 5.69 Å². The molecule has 3 nitrogen and oxygen atoms in total. The summed E-state index contributed by atoms with van der Waals surface area (Å²) in [5.41, 5.74) is 2.93. The molecule has 3 atom stereocenters. The van der Waals surface area contributed by atoms with Crippen LogP contribution in [-0.2, 0) is 0 Å². The van der Waals surface area contributed by atoms with Gasteiger partial charge in [-0.15, -0.1) is 0 Å². The van der Waals surface area contributed by atoms with Crippen LogP contribution in [0.3, 0.4) is 0 Å². The van der Waals surface area contributed by atoms with E-state index in [1.807, 2.05) is 32.2 Å². The Balaban J connectivity index is 2.00. The number of nitrogens with one attached hydrogen (secondary N) is 2. The summed E-state index contributed by atoms with van der Waals surface area (Å²) in [5, 5.41) is 6.31. The molecule has 0 radical (unpaired) electrons. The molecule has 1 fully saturated rings. The normalized spacial score (nSPS) is 26.1. The summed E-state index contributed by atoms with van der Waals surface area (Å²) in [4.78, 5) is 12.3. The Hall–Kier alpha value is -1.51. The van der Waals surface area contributed by atoms with Crippen molar-refractivity contribution < 1.29 is 4.79 Å². The molecule has 0 bridgehead atoms. The number of hydrogen-bond donors (Lipinski definition) is 2. The van der Waals surface area contributed by atoms with Gasteiger partial charge >= 0.3 is 0 Å². The van der Waals surface area contributed by atoms with E-state index < -0.39 is 0 Å². The second kappa shape index (κ2) is 6.29. The topological polar surface area (TPSA) is 41.1 Å². The maximum absolute atomic E-state index is 12.3. The molecule has 20 heavy (non-hydrogen) atoms. The molecule has 0 aliphatic heterocycles. The van der Waals surface area contributed by atoms with Crippen LogP contribution in [0, 0.1) is 18.8 Å². The van der Waals surface area contributed by atoms with Gasteiger partial charge in [-0.1, -0.05) is 13.8 Å². The summed E-state index contributed by atoms with van der Waals surface area (Å²) in [5.74, 6) is 1.53. The summed E-state index contributed by atoms with van der Waals surface area (Å²) in [7, 11) is 1.90. The largest absolute Gasteiger partial charge is 0.388 e. The molecule has 3 unspecified atom stereocenters. The fourth-order valence-electron chi connectivity index (χ4n) is 3.03. The van der Waals surface area contributed by atoms with Crippen molar-refractivity contribution in [3.05, 3.63) is 29.3 Å². The number of benzene rings is 1. The Morgan fingerprint density at radius 3 is 2.55 bits per heavy atom. The lowest BCUT2D eigenvalue weighted by molar-refractivity contribution is 0.0910. The number of carbonyl (C=O) groups excluding carboxylic acids is 1. The average Bonchev–Trinajstić information content (AvgIpc) is 2.42. The lowest BCUT2D eigenvalue weighted by Crippen LogP contribution is -2.39. The van der Waals surface area contributed by atoms with E-state index in [9.17, 15) is 4.79 Å². The highest BCUT2D eigenvalue weighted by Crippen LogP contribution is 2.29. The van der Waals surface area contributed by atoms with E-state index in [-0.39, 0.29) is 5.91 Å². The number of carbonyl (C=O) groups is 1. The fourth-order valence-corrected chi connectivity index (χ4v) is 3.03. The van der Waals surface area contributed by atoms with Crippen molar-refractivity contribution in [2.45, 2.75) is 46.1 Å². The van der Waals surface area contributed by atoms with E-state index in [4.69, 9.17) is 0 Å². The van der Waals surface area contributed by atoms with Crippen molar-refractivity contribution in [3.8, 4) is 0 Å². The van der Waals surface area contributed by atoms with Gasteiger partial charge in [-0.3, -0.25) is 4.79 Å². The Labute approximate surface area is 122 Å². The van der Waals surface area contributed by atoms with Crippen LogP contribution in [0.15, 0.2) is 18.2 Å². The molecule has 0 heterocycles. The van der Waals surface area contributed by atoms with Crippen molar-refractivity contribution in [2.24, 2.45) is 11.8 Å². The number of rotatable bonds is 3. The predicted molar refractivity (Wildman–Crippen MR) is 84.2 cm³/mol. The number of hydrogen-bond acceptors (Lipinski definition) is 2. The minimum atomic E-state index is 0.0579. The maximum Gasteiger partial charge on any atom is 0.251 e. The zero-order valence-electron chi connectivity index (χ0n) is 13.0. The first-order valence-electron chi connectivity index (χ1n) is 7.60. The lowest BCUT2D eigenvalue weighted by Gasteiger charge is -2.32. The van der Waals surface area contributed by atoms with E-state index in [1.165, 1.54) is 6.42 Å². The Bertz CT molecular complexity index is 484. The second-order valence-corrected chi connectivity index (χ2v) is 6.22. The molecule has 0 aromatic heterocycles. The number of anilines is 1. The third kappa shape index (κ3) is 3.33. The predicted octanol–water partition coefficient (Wildman–Crippen LogP) is 3.59. The zero-order valence-corrected chi connectivity index (χ0v) is 13.0. The van der Waals surface area contributed by atoms with Gasteiger partial charge in [-0.25, -0.2) is 0 Å². The molecule has 1 saturated carbocycles. The van der Waals surface area contributed by atoms with Gasteiger partial charge in [0.25, 0.3) is 5.91 Å². The minimum absolute atomic E-state index is 0.0579. The first-order chi connectivity index (χ1) is 9.51. The van der Waals surface area contributed by atoms with E-state index in [0.717, 1.165) is 35.6 Å². The van der Waals surface area contributed by atoms with Gasteiger partial charge in [0.15, 0.2) is 0 Å². The molecule has 1 amide bonds. The van der Waals surface area contributed by atoms with Crippen LogP contribution in [-0.4, -0.2) is 19.0 Å². The van der Waals surface area contributed by atoms with Gasteiger partial charge in [0.05, 0.1) is 0 Å². The lowest BCUT2D eigenvalue weighted by atomic mass is 9.79. The van der Waals surface area contributed by atoms with Crippen LogP contribution in [0.1, 0.15) is 49.0 Å². The van der Waals surface area contributed by atoms with Crippen LogP contribution < -0.4 is 10.6 Å². The molecule has 2 rings (SSSR count). The molecule has 1 aromatic rings. The van der Waals surface area contributed by atoms with Gasteiger partial charge in [0, 0.05) is 24.3 Å². The maximum atomic E-state index is 12.3. The Kier molecular flexibility index (Phi) is 4.69. The van der Waals surface area contributed by atoms with Crippen molar-refractivity contribution in [1.82, 2.24) is 5.32 Å². The molecule has 1 aliphatic rings. The highest BCUT2D eigenvalue weighted by atomic mass is 16.1. The molecular formula is C17H26N2O. The monoisotopic (exact) mass is 274 g/mol. The molecule has 1 aromatic carbocycles. The summed E-state index contributed by atoms with van der Waals surface area (Å²) in [6.07, 6.45) is 3.41. The van der Waals surface area contributed by atoms with Gasteiger partial charge in [0.1, 0.15) is 0 Å². The van der Waals surface area contributed by atoms with E-state index >= 15 is 0 Å². The fraction of sp³-hybridized carbons (Fsp3) is 0.588. The first kappa shape index (κ1) is 14.9. The molecular weight excluding hydrogens is 248 g/mol. The van der Waals surface area contributed by atoms with Gasteiger partial charge < -0.3 is 10.6 Å². The molecule has 0 saturated heterocycles. The third-order valence-corrected chi connectivity index (χ3v) is 4.69. The highest BCUT2D eigenvalue weighted by Gasteiger charge is 2.25. The summed E-state index contributed by atoms with van der Waals surface area (Å²) in [6, 6.07) is 6.15. The van der Waals surface area contributed by atoms with E-state index in [0.29, 0.717) is 12.0 Å². The second-order valence-electron chi connectivity index (χ2n) is 6.22. The van der Waals surface area contributed by atoms with E-state index in [1.54, 1.807) is 0 Å².